The first-order chi connectivity index (χ1) is 12.7. The fourth-order valence-electron chi connectivity index (χ4n) is 3.17. The lowest BCUT2D eigenvalue weighted by atomic mass is 10.2. The molecule has 6 nitrogen and oxygen atoms in total. The van der Waals surface area contributed by atoms with E-state index >= 15 is 0 Å². The minimum absolute atomic E-state index is 0.143. The van der Waals surface area contributed by atoms with Crippen LogP contribution in [0.3, 0.4) is 0 Å². The van der Waals surface area contributed by atoms with Gasteiger partial charge in [-0.05, 0) is 31.9 Å². The average Bonchev–Trinajstić information content (AvgIpc) is 3.33. The number of carbonyl (C=O) groups is 1. The van der Waals surface area contributed by atoms with Crippen LogP contribution >= 0.6 is 0 Å². The number of urea groups is 1. The van der Waals surface area contributed by atoms with Crippen molar-refractivity contribution in [2.75, 3.05) is 11.9 Å². The van der Waals surface area contributed by atoms with Crippen molar-refractivity contribution in [2.24, 2.45) is 0 Å². The normalized spacial score (nSPS) is 16.7. The topological polar surface area (TPSA) is 71.3 Å². The summed E-state index contributed by atoms with van der Waals surface area (Å²) in [4.78, 5) is 19.0. The van der Waals surface area contributed by atoms with Crippen LogP contribution in [0.4, 0.5) is 10.5 Å². The Morgan fingerprint density at radius 2 is 1.92 bits per heavy atom. The van der Waals surface area contributed by atoms with E-state index in [1.807, 2.05) is 61.5 Å². The maximum atomic E-state index is 12.7. The zero-order chi connectivity index (χ0) is 17.9. The molecule has 132 valence electrons. The second-order valence-corrected chi connectivity index (χ2v) is 6.47. The summed E-state index contributed by atoms with van der Waals surface area (Å²) in [5.74, 6) is 1.03. The van der Waals surface area contributed by atoms with Gasteiger partial charge < -0.3 is 14.7 Å². The van der Waals surface area contributed by atoms with Gasteiger partial charge in [0.2, 0.25) is 11.7 Å². The third kappa shape index (κ3) is 3.31. The van der Waals surface area contributed by atoms with Gasteiger partial charge in [-0.15, -0.1) is 0 Å². The van der Waals surface area contributed by atoms with E-state index in [1.54, 1.807) is 4.90 Å². The summed E-state index contributed by atoms with van der Waals surface area (Å²) in [7, 11) is 0. The smallest absolute Gasteiger partial charge is 0.322 e. The molecule has 3 aromatic rings. The van der Waals surface area contributed by atoms with Crippen LogP contribution in [0.5, 0.6) is 0 Å². The molecule has 0 aliphatic carbocycles. The van der Waals surface area contributed by atoms with Crippen molar-refractivity contribution in [1.29, 1.82) is 0 Å². The van der Waals surface area contributed by atoms with Crippen LogP contribution in [0.15, 0.2) is 59.1 Å². The Bertz CT molecular complexity index is 890. The lowest BCUT2D eigenvalue weighted by Crippen LogP contribution is -2.34. The number of aryl methyl sites for hydroxylation is 1. The summed E-state index contributed by atoms with van der Waals surface area (Å²) in [5, 5.41) is 7.02. The van der Waals surface area contributed by atoms with Crippen molar-refractivity contribution in [3.05, 3.63) is 66.1 Å². The van der Waals surface area contributed by atoms with Crippen LogP contribution in [0.25, 0.3) is 11.4 Å². The highest BCUT2D eigenvalue weighted by Crippen LogP contribution is 2.32. The van der Waals surface area contributed by atoms with E-state index < -0.39 is 0 Å². The van der Waals surface area contributed by atoms with Crippen molar-refractivity contribution >= 4 is 11.7 Å². The van der Waals surface area contributed by atoms with Crippen molar-refractivity contribution in [3.63, 3.8) is 0 Å². The molecule has 4 rings (SSSR count). The number of nitrogens with zero attached hydrogens (tertiary/aromatic N) is 3. The van der Waals surface area contributed by atoms with Gasteiger partial charge >= 0.3 is 6.03 Å². The number of benzene rings is 2. The highest BCUT2D eigenvalue weighted by molar-refractivity contribution is 5.89. The monoisotopic (exact) mass is 348 g/mol. The lowest BCUT2D eigenvalue weighted by Gasteiger charge is -2.22. The van der Waals surface area contributed by atoms with Gasteiger partial charge in [-0.3, -0.25) is 0 Å². The molecule has 0 unspecified atom stereocenters. The maximum Gasteiger partial charge on any atom is 0.322 e. The molecule has 0 spiro atoms. The van der Waals surface area contributed by atoms with Gasteiger partial charge in [-0.1, -0.05) is 53.2 Å². The van der Waals surface area contributed by atoms with Crippen molar-refractivity contribution in [1.82, 2.24) is 15.0 Å². The lowest BCUT2D eigenvalue weighted by molar-refractivity contribution is 0.193. The summed E-state index contributed by atoms with van der Waals surface area (Å²) < 4.78 is 5.47. The number of aromatic nitrogens is 2. The number of rotatable bonds is 3. The largest absolute Gasteiger partial charge is 0.337 e. The first-order valence-corrected chi connectivity index (χ1v) is 8.74. The second-order valence-electron chi connectivity index (χ2n) is 6.47. The van der Waals surface area contributed by atoms with E-state index in [4.69, 9.17) is 4.52 Å². The summed E-state index contributed by atoms with van der Waals surface area (Å²) in [5.41, 5.74) is 2.83. The molecular weight excluding hydrogens is 328 g/mol. The molecule has 1 aromatic heterocycles. The van der Waals surface area contributed by atoms with Crippen LogP contribution in [0.1, 0.15) is 30.3 Å². The summed E-state index contributed by atoms with van der Waals surface area (Å²) >= 11 is 0. The van der Waals surface area contributed by atoms with E-state index in [1.165, 1.54) is 0 Å². The Balaban J connectivity index is 1.50. The SMILES string of the molecule is Cc1ccc(NC(=O)N2CCC[C@@H]2c2nc(-c3ccccc3)no2)cc1. The maximum absolute atomic E-state index is 12.7. The highest BCUT2D eigenvalue weighted by atomic mass is 16.5. The molecule has 0 saturated carbocycles. The van der Waals surface area contributed by atoms with E-state index in [-0.39, 0.29) is 12.1 Å². The van der Waals surface area contributed by atoms with Crippen LogP contribution in [0, 0.1) is 6.92 Å². The number of amides is 2. The van der Waals surface area contributed by atoms with E-state index in [0.29, 0.717) is 18.3 Å². The molecule has 2 amide bonds. The van der Waals surface area contributed by atoms with Crippen molar-refractivity contribution in [2.45, 2.75) is 25.8 Å². The van der Waals surface area contributed by atoms with E-state index in [2.05, 4.69) is 15.5 Å². The zero-order valence-corrected chi connectivity index (χ0v) is 14.6. The average molecular weight is 348 g/mol. The van der Waals surface area contributed by atoms with Gasteiger partial charge in [0.05, 0.1) is 0 Å². The summed E-state index contributed by atoms with van der Waals surface area (Å²) in [6, 6.07) is 17.1. The molecule has 26 heavy (non-hydrogen) atoms. The molecule has 1 atom stereocenters. The molecule has 6 heteroatoms. The fourth-order valence-corrected chi connectivity index (χ4v) is 3.17. The van der Waals surface area contributed by atoms with Gasteiger partial charge in [0.1, 0.15) is 6.04 Å². The van der Waals surface area contributed by atoms with Crippen LogP contribution in [-0.2, 0) is 0 Å². The minimum atomic E-state index is -0.189. The van der Waals surface area contributed by atoms with Gasteiger partial charge in [-0.2, -0.15) is 4.98 Å². The van der Waals surface area contributed by atoms with Crippen molar-refractivity contribution in [3.8, 4) is 11.4 Å². The standard InChI is InChI=1S/C20H20N4O2/c1-14-9-11-16(12-10-14)21-20(25)24-13-5-8-17(24)19-22-18(23-26-19)15-6-3-2-4-7-15/h2-4,6-7,9-12,17H,5,8,13H2,1H3,(H,21,25)/t17-/m1/s1. The number of carbonyl (C=O) groups excluding carboxylic acids is 1. The Labute approximate surface area is 151 Å². The fraction of sp³-hybridized carbons (Fsp3) is 0.250. The molecule has 1 saturated heterocycles. The summed E-state index contributed by atoms with van der Waals surface area (Å²) in [6.45, 7) is 2.69. The van der Waals surface area contributed by atoms with E-state index in [9.17, 15) is 4.79 Å². The molecule has 1 fully saturated rings. The Morgan fingerprint density at radius 1 is 1.15 bits per heavy atom. The minimum Gasteiger partial charge on any atom is -0.337 e. The number of nitrogens with one attached hydrogen (secondary N) is 1. The van der Waals surface area contributed by atoms with Crippen LogP contribution in [-0.4, -0.2) is 27.6 Å². The number of likely N-dealkylation sites (tertiary alicyclic amines) is 1. The number of hydrogen-bond donors (Lipinski definition) is 1. The molecular formula is C20H20N4O2. The summed E-state index contributed by atoms with van der Waals surface area (Å²) in [6.07, 6.45) is 1.73. The first-order valence-electron chi connectivity index (χ1n) is 8.74. The van der Waals surface area contributed by atoms with Crippen LogP contribution in [0.2, 0.25) is 0 Å². The molecule has 0 bridgehead atoms. The van der Waals surface area contributed by atoms with Gasteiger partial charge in [-0.25, -0.2) is 4.79 Å². The molecule has 2 aromatic carbocycles. The number of hydrogen-bond acceptors (Lipinski definition) is 4. The van der Waals surface area contributed by atoms with Gasteiger partial charge in [0.25, 0.3) is 0 Å². The molecule has 2 heterocycles. The van der Waals surface area contributed by atoms with Crippen molar-refractivity contribution < 1.29 is 9.32 Å². The zero-order valence-electron chi connectivity index (χ0n) is 14.6. The van der Waals surface area contributed by atoms with Gasteiger partial charge in [0, 0.05) is 17.8 Å². The molecule has 1 aliphatic heterocycles. The Morgan fingerprint density at radius 3 is 2.69 bits per heavy atom. The molecule has 1 N–H and O–H groups in total. The van der Waals surface area contributed by atoms with Crippen LogP contribution < -0.4 is 5.32 Å². The Kier molecular flexibility index (Phi) is 4.39. The third-order valence-electron chi connectivity index (χ3n) is 4.58. The highest BCUT2D eigenvalue weighted by Gasteiger charge is 2.34. The number of anilines is 1. The molecule has 0 radical (unpaired) electrons. The predicted molar refractivity (Wildman–Crippen MR) is 98.6 cm³/mol. The molecule has 1 aliphatic rings. The van der Waals surface area contributed by atoms with Gasteiger partial charge in [0.15, 0.2) is 0 Å². The Hall–Kier alpha value is -3.15. The predicted octanol–water partition coefficient (Wildman–Crippen LogP) is 4.41. The third-order valence-corrected chi connectivity index (χ3v) is 4.58. The second kappa shape index (κ2) is 7.00. The quantitative estimate of drug-likeness (QED) is 0.761. The first kappa shape index (κ1) is 16.3. The van der Waals surface area contributed by atoms with E-state index in [0.717, 1.165) is 29.7 Å².